The van der Waals surface area contributed by atoms with Crippen molar-refractivity contribution in [1.29, 1.82) is 0 Å². The minimum absolute atomic E-state index is 0.00114. The van der Waals surface area contributed by atoms with Crippen LogP contribution in [0, 0.1) is 13.8 Å². The van der Waals surface area contributed by atoms with Gasteiger partial charge in [0.15, 0.2) is 5.11 Å². The van der Waals surface area contributed by atoms with Crippen LogP contribution < -0.4 is 5.32 Å². The summed E-state index contributed by atoms with van der Waals surface area (Å²) in [7, 11) is 1.73. The maximum atomic E-state index is 5.72. The highest BCUT2D eigenvalue weighted by Gasteiger charge is 2.41. The Bertz CT molecular complexity index is 1000. The van der Waals surface area contributed by atoms with Crippen LogP contribution in [0.1, 0.15) is 40.3 Å². The van der Waals surface area contributed by atoms with Crippen molar-refractivity contribution in [3.05, 3.63) is 89.0 Å². The lowest BCUT2D eigenvalue weighted by molar-refractivity contribution is 0.164. The summed E-state index contributed by atoms with van der Waals surface area (Å²) >= 11 is 5.72. The van der Waals surface area contributed by atoms with Crippen LogP contribution in [0.3, 0.4) is 0 Å². The third-order valence-corrected chi connectivity index (χ3v) is 6.20. The average molecular weight is 421 g/mol. The SMILES string of the molecule is COCCN1C(=S)N[C@H](c2ccccn2)[C@@H]1c1cc(C)n(Cc2ccccc2)c1C. The second kappa shape index (κ2) is 8.98. The van der Waals surface area contributed by atoms with E-state index < -0.39 is 0 Å². The first-order chi connectivity index (χ1) is 14.6. The van der Waals surface area contributed by atoms with Gasteiger partial charge < -0.3 is 19.5 Å². The Morgan fingerprint density at radius 1 is 1.10 bits per heavy atom. The first-order valence-electron chi connectivity index (χ1n) is 10.3. The van der Waals surface area contributed by atoms with E-state index in [9.17, 15) is 0 Å². The second-order valence-corrected chi connectivity index (χ2v) is 8.10. The van der Waals surface area contributed by atoms with Crippen molar-refractivity contribution in [2.45, 2.75) is 32.5 Å². The fourth-order valence-electron chi connectivity index (χ4n) is 4.31. The van der Waals surface area contributed by atoms with E-state index in [1.807, 2.05) is 18.3 Å². The fraction of sp³-hybridized carbons (Fsp3) is 0.333. The van der Waals surface area contributed by atoms with E-state index in [4.69, 9.17) is 17.0 Å². The summed E-state index contributed by atoms with van der Waals surface area (Å²) in [5.41, 5.74) is 6.08. The van der Waals surface area contributed by atoms with Gasteiger partial charge in [0.2, 0.25) is 0 Å². The van der Waals surface area contributed by atoms with Crippen LogP contribution in [0.4, 0.5) is 0 Å². The minimum Gasteiger partial charge on any atom is -0.383 e. The Morgan fingerprint density at radius 3 is 2.57 bits per heavy atom. The molecule has 3 heterocycles. The number of aryl methyl sites for hydroxylation is 1. The summed E-state index contributed by atoms with van der Waals surface area (Å²) in [5.74, 6) is 0. The standard InChI is InChI=1S/C24H28N4OS/c1-17-15-20(18(2)28(17)16-19-9-5-4-6-10-19)23-22(21-11-7-8-12-25-21)26-24(30)27(23)13-14-29-3/h4-12,15,22-23H,13-14,16H2,1-3H3,(H,26,30)/t22-,23+/m1/s1. The van der Waals surface area contributed by atoms with Crippen molar-refractivity contribution >= 4 is 17.3 Å². The molecule has 2 atom stereocenters. The van der Waals surface area contributed by atoms with Crippen LogP contribution in [0.15, 0.2) is 60.8 Å². The number of hydrogen-bond donors (Lipinski definition) is 1. The maximum Gasteiger partial charge on any atom is 0.170 e. The zero-order chi connectivity index (χ0) is 21.1. The van der Waals surface area contributed by atoms with Crippen LogP contribution in [-0.2, 0) is 11.3 Å². The van der Waals surface area contributed by atoms with Gasteiger partial charge in [0, 0.05) is 37.8 Å². The predicted molar refractivity (Wildman–Crippen MR) is 123 cm³/mol. The van der Waals surface area contributed by atoms with Crippen molar-refractivity contribution in [3.63, 3.8) is 0 Å². The predicted octanol–water partition coefficient (Wildman–Crippen LogP) is 4.17. The largest absolute Gasteiger partial charge is 0.383 e. The number of pyridine rings is 1. The molecular weight excluding hydrogens is 392 g/mol. The lowest BCUT2D eigenvalue weighted by Crippen LogP contribution is -2.32. The van der Waals surface area contributed by atoms with Gasteiger partial charge in [-0.25, -0.2) is 0 Å². The summed E-state index contributed by atoms with van der Waals surface area (Å²) in [6, 6.07) is 19.0. The molecule has 0 unspecified atom stereocenters. The molecule has 1 aliphatic heterocycles. The highest BCUT2D eigenvalue weighted by atomic mass is 32.1. The number of rotatable bonds is 7. The van der Waals surface area contributed by atoms with Crippen LogP contribution in [0.2, 0.25) is 0 Å². The van der Waals surface area contributed by atoms with Gasteiger partial charge in [0.05, 0.1) is 24.4 Å². The van der Waals surface area contributed by atoms with Gasteiger partial charge in [0.25, 0.3) is 0 Å². The second-order valence-electron chi connectivity index (χ2n) is 7.71. The summed E-state index contributed by atoms with van der Waals surface area (Å²) in [5, 5.41) is 4.26. The smallest absolute Gasteiger partial charge is 0.170 e. The number of hydrogen-bond acceptors (Lipinski definition) is 3. The van der Waals surface area contributed by atoms with Crippen molar-refractivity contribution in [2.24, 2.45) is 0 Å². The van der Waals surface area contributed by atoms with E-state index in [0.717, 1.165) is 23.9 Å². The Balaban J connectivity index is 1.74. The van der Waals surface area contributed by atoms with Gasteiger partial charge in [0.1, 0.15) is 0 Å². The van der Waals surface area contributed by atoms with Crippen LogP contribution in [0.25, 0.3) is 0 Å². The van der Waals surface area contributed by atoms with E-state index >= 15 is 0 Å². The molecule has 0 spiro atoms. The Hall–Kier alpha value is -2.70. The summed E-state index contributed by atoms with van der Waals surface area (Å²) in [4.78, 5) is 6.87. The molecule has 5 nitrogen and oxygen atoms in total. The lowest BCUT2D eigenvalue weighted by atomic mass is 9.97. The number of nitrogens with one attached hydrogen (secondary N) is 1. The van der Waals surface area contributed by atoms with Gasteiger partial charge >= 0.3 is 0 Å². The molecule has 0 aliphatic carbocycles. The molecule has 0 radical (unpaired) electrons. The van der Waals surface area contributed by atoms with E-state index in [2.05, 4.69) is 76.1 Å². The number of benzene rings is 1. The van der Waals surface area contributed by atoms with Crippen molar-refractivity contribution in [2.75, 3.05) is 20.3 Å². The number of ether oxygens (including phenoxy) is 1. The van der Waals surface area contributed by atoms with Crippen LogP contribution in [0.5, 0.6) is 0 Å². The molecule has 4 rings (SSSR count). The van der Waals surface area contributed by atoms with E-state index in [1.54, 1.807) is 7.11 Å². The van der Waals surface area contributed by atoms with E-state index in [0.29, 0.717) is 6.61 Å². The molecular formula is C24H28N4OS. The lowest BCUT2D eigenvalue weighted by Gasteiger charge is -2.28. The number of thiocarbonyl (C=S) groups is 1. The maximum absolute atomic E-state index is 5.72. The molecule has 0 bridgehead atoms. The number of methoxy groups -OCH3 is 1. The van der Waals surface area contributed by atoms with E-state index in [1.165, 1.54) is 22.5 Å². The van der Waals surface area contributed by atoms with Gasteiger partial charge in [-0.05, 0) is 55.4 Å². The first-order valence-corrected chi connectivity index (χ1v) is 10.7. The fourth-order valence-corrected chi connectivity index (χ4v) is 4.64. The zero-order valence-corrected chi connectivity index (χ0v) is 18.5. The molecule has 6 heteroatoms. The van der Waals surface area contributed by atoms with Gasteiger partial charge in [-0.3, -0.25) is 4.98 Å². The summed E-state index contributed by atoms with van der Waals surface area (Å²) in [6.45, 7) is 6.59. The van der Waals surface area contributed by atoms with Crippen LogP contribution in [-0.4, -0.2) is 39.8 Å². The normalized spacial score (nSPS) is 18.6. The van der Waals surface area contributed by atoms with Gasteiger partial charge in [-0.2, -0.15) is 0 Å². The number of aromatic nitrogens is 2. The van der Waals surface area contributed by atoms with Gasteiger partial charge in [-0.1, -0.05) is 36.4 Å². The highest BCUT2D eigenvalue weighted by Crippen LogP contribution is 2.40. The van der Waals surface area contributed by atoms with E-state index in [-0.39, 0.29) is 12.1 Å². The summed E-state index contributed by atoms with van der Waals surface area (Å²) in [6.07, 6.45) is 1.84. The molecule has 3 aromatic rings. The van der Waals surface area contributed by atoms with Crippen molar-refractivity contribution < 1.29 is 4.74 Å². The molecule has 30 heavy (non-hydrogen) atoms. The third-order valence-electron chi connectivity index (χ3n) is 5.85. The Labute approximate surface area is 183 Å². The Kier molecular flexibility index (Phi) is 6.16. The average Bonchev–Trinajstić information content (AvgIpc) is 3.24. The molecule has 1 aromatic carbocycles. The molecule has 1 saturated heterocycles. The Morgan fingerprint density at radius 2 is 1.87 bits per heavy atom. The van der Waals surface area contributed by atoms with Crippen LogP contribution >= 0.6 is 12.2 Å². The topological polar surface area (TPSA) is 42.3 Å². The van der Waals surface area contributed by atoms with Gasteiger partial charge in [-0.15, -0.1) is 0 Å². The molecule has 1 N–H and O–H groups in total. The monoisotopic (exact) mass is 420 g/mol. The van der Waals surface area contributed by atoms with Crippen molar-refractivity contribution in [3.8, 4) is 0 Å². The zero-order valence-electron chi connectivity index (χ0n) is 17.7. The quantitative estimate of drug-likeness (QED) is 0.581. The van der Waals surface area contributed by atoms with Crippen molar-refractivity contribution in [1.82, 2.24) is 19.8 Å². The third kappa shape index (κ3) is 3.98. The number of nitrogens with zero attached hydrogens (tertiary/aromatic N) is 3. The molecule has 156 valence electrons. The summed E-state index contributed by atoms with van der Waals surface area (Å²) < 4.78 is 7.75. The molecule has 1 aliphatic rings. The molecule has 0 saturated carbocycles. The molecule has 1 fully saturated rings. The molecule has 2 aromatic heterocycles. The first kappa shape index (κ1) is 20.6. The minimum atomic E-state index is 0.00114. The molecule has 0 amide bonds. The highest BCUT2D eigenvalue weighted by molar-refractivity contribution is 7.80.